The molecular formula is C20H23N3O2S. The fourth-order valence-electron chi connectivity index (χ4n) is 3.42. The van der Waals surface area contributed by atoms with Crippen LogP contribution in [-0.2, 0) is 9.59 Å². The second-order valence-electron chi connectivity index (χ2n) is 7.19. The van der Waals surface area contributed by atoms with E-state index in [0.29, 0.717) is 13.1 Å². The SMILES string of the molecule is Cc1nc(-c2ccc(NC(=O)C3CCN(C(=O)C4CC4)CC3)cc2)cs1. The van der Waals surface area contributed by atoms with Gasteiger partial charge in [0.1, 0.15) is 0 Å². The van der Waals surface area contributed by atoms with Crippen LogP contribution in [0.2, 0.25) is 0 Å². The molecule has 1 saturated carbocycles. The summed E-state index contributed by atoms with van der Waals surface area (Å²) in [6, 6.07) is 7.82. The molecule has 0 bridgehead atoms. The topological polar surface area (TPSA) is 62.3 Å². The second kappa shape index (κ2) is 7.19. The minimum Gasteiger partial charge on any atom is -0.342 e. The van der Waals surface area contributed by atoms with Gasteiger partial charge in [0, 0.05) is 41.6 Å². The molecule has 0 unspecified atom stereocenters. The van der Waals surface area contributed by atoms with Crippen molar-refractivity contribution in [1.29, 1.82) is 0 Å². The summed E-state index contributed by atoms with van der Waals surface area (Å²) < 4.78 is 0. The van der Waals surface area contributed by atoms with Gasteiger partial charge in [0.05, 0.1) is 10.7 Å². The summed E-state index contributed by atoms with van der Waals surface area (Å²) in [6.07, 6.45) is 3.58. The first kappa shape index (κ1) is 17.2. The third-order valence-corrected chi connectivity index (χ3v) is 5.94. The van der Waals surface area contributed by atoms with Crippen molar-refractivity contribution in [3.63, 3.8) is 0 Å². The van der Waals surface area contributed by atoms with Crippen LogP contribution < -0.4 is 5.32 Å². The molecule has 1 aromatic carbocycles. The van der Waals surface area contributed by atoms with Gasteiger partial charge in [-0.2, -0.15) is 0 Å². The molecule has 1 aliphatic carbocycles. The third kappa shape index (κ3) is 3.80. The highest BCUT2D eigenvalue weighted by Crippen LogP contribution is 2.32. The Balaban J connectivity index is 1.31. The summed E-state index contributed by atoms with van der Waals surface area (Å²) in [5.41, 5.74) is 2.83. The quantitative estimate of drug-likeness (QED) is 0.894. The number of thiazole rings is 1. The minimum absolute atomic E-state index is 0.0147. The highest BCUT2D eigenvalue weighted by atomic mass is 32.1. The lowest BCUT2D eigenvalue weighted by atomic mass is 9.95. The zero-order valence-corrected chi connectivity index (χ0v) is 15.7. The number of carbonyl (C=O) groups is 2. The number of likely N-dealkylation sites (tertiary alicyclic amines) is 1. The van der Waals surface area contributed by atoms with Crippen LogP contribution in [0.15, 0.2) is 29.6 Å². The van der Waals surface area contributed by atoms with E-state index in [4.69, 9.17) is 0 Å². The van der Waals surface area contributed by atoms with E-state index < -0.39 is 0 Å². The number of carbonyl (C=O) groups excluding carboxylic acids is 2. The van der Waals surface area contributed by atoms with Crippen LogP contribution in [0.5, 0.6) is 0 Å². The van der Waals surface area contributed by atoms with Gasteiger partial charge in [-0.1, -0.05) is 12.1 Å². The average Bonchev–Trinajstić information content (AvgIpc) is 3.43. The largest absolute Gasteiger partial charge is 0.342 e. The number of aryl methyl sites for hydroxylation is 1. The van der Waals surface area contributed by atoms with Gasteiger partial charge in [0.2, 0.25) is 11.8 Å². The van der Waals surface area contributed by atoms with Crippen molar-refractivity contribution in [3.8, 4) is 11.3 Å². The van der Waals surface area contributed by atoms with E-state index in [0.717, 1.165) is 47.6 Å². The normalized spacial score (nSPS) is 18.0. The maximum atomic E-state index is 12.5. The summed E-state index contributed by atoms with van der Waals surface area (Å²) in [5, 5.41) is 6.10. The molecule has 4 rings (SSSR count). The number of hydrogen-bond acceptors (Lipinski definition) is 4. The molecule has 0 radical (unpaired) electrons. The van der Waals surface area contributed by atoms with Crippen molar-refractivity contribution in [2.45, 2.75) is 32.6 Å². The van der Waals surface area contributed by atoms with E-state index in [2.05, 4.69) is 10.3 Å². The molecule has 1 aliphatic heterocycles. The summed E-state index contributed by atoms with van der Waals surface area (Å²) in [4.78, 5) is 31.0. The Morgan fingerprint density at radius 1 is 1.08 bits per heavy atom. The van der Waals surface area contributed by atoms with Crippen LogP contribution in [-0.4, -0.2) is 34.8 Å². The first-order valence-electron chi connectivity index (χ1n) is 9.22. The van der Waals surface area contributed by atoms with Crippen LogP contribution >= 0.6 is 11.3 Å². The molecule has 5 nitrogen and oxygen atoms in total. The van der Waals surface area contributed by atoms with Gasteiger partial charge in [-0.25, -0.2) is 4.98 Å². The van der Waals surface area contributed by atoms with Gasteiger partial charge in [-0.05, 0) is 44.7 Å². The predicted octanol–water partition coefficient (Wildman–Crippen LogP) is 3.71. The maximum absolute atomic E-state index is 12.5. The van der Waals surface area contributed by atoms with E-state index in [1.54, 1.807) is 11.3 Å². The zero-order chi connectivity index (χ0) is 18.1. The highest BCUT2D eigenvalue weighted by molar-refractivity contribution is 7.09. The summed E-state index contributed by atoms with van der Waals surface area (Å²) in [5.74, 6) is 0.594. The van der Waals surface area contributed by atoms with E-state index in [1.807, 2.05) is 41.5 Å². The molecule has 1 N–H and O–H groups in total. The lowest BCUT2D eigenvalue weighted by Crippen LogP contribution is -2.42. The summed E-state index contributed by atoms with van der Waals surface area (Å²) >= 11 is 1.63. The third-order valence-electron chi connectivity index (χ3n) is 5.17. The number of aromatic nitrogens is 1. The van der Waals surface area contributed by atoms with E-state index in [1.165, 1.54) is 0 Å². The molecule has 136 valence electrons. The first-order chi connectivity index (χ1) is 12.6. The smallest absolute Gasteiger partial charge is 0.227 e. The molecule has 0 atom stereocenters. The van der Waals surface area contributed by atoms with Crippen molar-refractivity contribution >= 4 is 28.8 Å². The number of hydrogen-bond donors (Lipinski definition) is 1. The molecule has 1 aromatic heterocycles. The zero-order valence-electron chi connectivity index (χ0n) is 14.9. The van der Waals surface area contributed by atoms with Crippen LogP contribution in [0.4, 0.5) is 5.69 Å². The Bertz CT molecular complexity index is 803. The van der Waals surface area contributed by atoms with E-state index >= 15 is 0 Å². The number of piperidine rings is 1. The van der Waals surface area contributed by atoms with Crippen molar-refractivity contribution in [2.24, 2.45) is 11.8 Å². The molecule has 2 fully saturated rings. The molecule has 2 aromatic rings. The standard InChI is InChI=1S/C20H23N3O2S/c1-13-21-18(12-26-13)14-4-6-17(7-5-14)22-19(24)15-8-10-23(11-9-15)20(25)16-2-3-16/h4-7,12,15-16H,2-3,8-11H2,1H3,(H,22,24). The minimum atomic E-state index is -0.0147. The van der Waals surface area contributed by atoms with Crippen LogP contribution in [0.1, 0.15) is 30.7 Å². The molecule has 0 spiro atoms. The Morgan fingerprint density at radius 3 is 2.35 bits per heavy atom. The molecule has 2 amide bonds. The van der Waals surface area contributed by atoms with Crippen molar-refractivity contribution in [2.75, 3.05) is 18.4 Å². The van der Waals surface area contributed by atoms with E-state index in [-0.39, 0.29) is 23.7 Å². The average molecular weight is 369 g/mol. The fourth-order valence-corrected chi connectivity index (χ4v) is 4.04. The van der Waals surface area contributed by atoms with Gasteiger partial charge in [0.15, 0.2) is 0 Å². The van der Waals surface area contributed by atoms with Gasteiger partial charge in [-0.3, -0.25) is 9.59 Å². The Labute approximate surface area is 157 Å². The number of nitrogens with one attached hydrogen (secondary N) is 1. The van der Waals surface area contributed by atoms with E-state index in [9.17, 15) is 9.59 Å². The number of anilines is 1. The highest BCUT2D eigenvalue weighted by Gasteiger charge is 2.35. The van der Waals surface area contributed by atoms with Crippen molar-refractivity contribution in [1.82, 2.24) is 9.88 Å². The first-order valence-corrected chi connectivity index (χ1v) is 10.1. The van der Waals surface area contributed by atoms with Crippen molar-refractivity contribution < 1.29 is 9.59 Å². The van der Waals surface area contributed by atoms with Crippen molar-refractivity contribution in [3.05, 3.63) is 34.7 Å². The van der Waals surface area contributed by atoms with Crippen LogP contribution in [0.25, 0.3) is 11.3 Å². The lowest BCUT2D eigenvalue weighted by Gasteiger charge is -2.31. The Kier molecular flexibility index (Phi) is 4.76. The summed E-state index contributed by atoms with van der Waals surface area (Å²) in [6.45, 7) is 3.40. The lowest BCUT2D eigenvalue weighted by molar-refractivity contribution is -0.135. The van der Waals surface area contributed by atoms with Gasteiger partial charge < -0.3 is 10.2 Å². The maximum Gasteiger partial charge on any atom is 0.227 e. The summed E-state index contributed by atoms with van der Waals surface area (Å²) in [7, 11) is 0. The van der Waals surface area contributed by atoms with Gasteiger partial charge >= 0.3 is 0 Å². The molecule has 6 heteroatoms. The van der Waals surface area contributed by atoms with Gasteiger partial charge in [-0.15, -0.1) is 11.3 Å². The molecule has 2 heterocycles. The van der Waals surface area contributed by atoms with Crippen LogP contribution in [0, 0.1) is 18.8 Å². The predicted molar refractivity (Wildman–Crippen MR) is 103 cm³/mol. The van der Waals surface area contributed by atoms with Crippen LogP contribution in [0.3, 0.4) is 0 Å². The monoisotopic (exact) mass is 369 g/mol. The molecular weight excluding hydrogens is 346 g/mol. The Hall–Kier alpha value is -2.21. The number of rotatable bonds is 4. The molecule has 26 heavy (non-hydrogen) atoms. The number of benzene rings is 1. The fraction of sp³-hybridized carbons (Fsp3) is 0.450. The number of nitrogens with zero attached hydrogens (tertiary/aromatic N) is 2. The second-order valence-corrected chi connectivity index (χ2v) is 8.25. The molecule has 2 aliphatic rings. The molecule has 1 saturated heterocycles. The number of amides is 2. The Morgan fingerprint density at radius 2 is 1.77 bits per heavy atom. The van der Waals surface area contributed by atoms with Gasteiger partial charge in [0.25, 0.3) is 0 Å².